The molecule has 0 aromatic heterocycles. The Morgan fingerprint density at radius 2 is 2.27 bits per heavy atom. The van der Waals surface area contributed by atoms with Crippen molar-refractivity contribution in [2.24, 2.45) is 11.7 Å². The number of carbonyl (C=O) groups is 1. The predicted molar refractivity (Wildman–Crippen MR) is 47.0 cm³/mol. The maximum absolute atomic E-state index is 10.4. The summed E-state index contributed by atoms with van der Waals surface area (Å²) in [4.78, 5) is 10.4. The summed E-state index contributed by atoms with van der Waals surface area (Å²) >= 11 is 0. The first kappa shape index (κ1) is 10.2. The van der Waals surface area contributed by atoms with Gasteiger partial charge in [0, 0.05) is 6.42 Å². The minimum atomic E-state index is -0.197. The summed E-state index contributed by atoms with van der Waals surface area (Å²) in [5, 5.41) is 0. The van der Waals surface area contributed by atoms with Crippen molar-refractivity contribution in [2.45, 2.75) is 33.1 Å². The Morgan fingerprint density at radius 3 is 2.73 bits per heavy atom. The van der Waals surface area contributed by atoms with Crippen LogP contribution in [0.3, 0.4) is 0 Å². The maximum atomic E-state index is 10.4. The summed E-state index contributed by atoms with van der Waals surface area (Å²) in [6.45, 7) is 4.13. The van der Waals surface area contributed by atoms with Crippen molar-refractivity contribution in [2.75, 3.05) is 0 Å². The number of primary amides is 1. The second-order valence-electron chi connectivity index (χ2n) is 2.91. The molecule has 0 fully saturated rings. The van der Waals surface area contributed by atoms with E-state index < -0.39 is 0 Å². The standard InChI is InChI=1S/C9H17NO/c1-3-4-5-8(2)6-7-9(10)11/h3-4,8H,5-7H2,1-2H3,(H2,10,11)/b4-3+. The molecule has 11 heavy (non-hydrogen) atoms. The fraction of sp³-hybridized carbons (Fsp3) is 0.667. The Bertz CT molecular complexity index is 140. The van der Waals surface area contributed by atoms with E-state index in [0.29, 0.717) is 12.3 Å². The molecular formula is C9H17NO. The highest BCUT2D eigenvalue weighted by Crippen LogP contribution is 2.09. The molecule has 64 valence electrons. The number of rotatable bonds is 5. The van der Waals surface area contributed by atoms with E-state index in [1.165, 1.54) is 0 Å². The van der Waals surface area contributed by atoms with Crippen LogP contribution < -0.4 is 5.73 Å². The molecule has 0 rings (SSSR count). The van der Waals surface area contributed by atoms with Gasteiger partial charge in [-0.3, -0.25) is 4.79 Å². The zero-order valence-corrected chi connectivity index (χ0v) is 7.34. The molecule has 2 nitrogen and oxygen atoms in total. The Labute approximate surface area is 68.5 Å². The van der Waals surface area contributed by atoms with Crippen molar-refractivity contribution < 1.29 is 4.79 Å². The molecule has 1 unspecified atom stereocenters. The lowest BCUT2D eigenvalue weighted by Gasteiger charge is -2.05. The Kier molecular flexibility index (Phi) is 5.53. The van der Waals surface area contributed by atoms with E-state index in [1.807, 2.05) is 13.0 Å². The number of carbonyl (C=O) groups excluding carboxylic acids is 1. The fourth-order valence-electron chi connectivity index (χ4n) is 0.875. The van der Waals surface area contributed by atoms with Gasteiger partial charge >= 0.3 is 0 Å². The Balaban J connectivity index is 3.36. The molecule has 1 atom stereocenters. The number of hydrogen-bond acceptors (Lipinski definition) is 1. The van der Waals surface area contributed by atoms with Crippen molar-refractivity contribution in [3.05, 3.63) is 12.2 Å². The summed E-state index contributed by atoms with van der Waals surface area (Å²) in [7, 11) is 0. The lowest BCUT2D eigenvalue weighted by atomic mass is 10.0. The topological polar surface area (TPSA) is 43.1 Å². The molecule has 0 heterocycles. The molecule has 0 aliphatic carbocycles. The molecule has 0 aliphatic rings. The van der Waals surface area contributed by atoms with Crippen LogP contribution in [0.5, 0.6) is 0 Å². The van der Waals surface area contributed by atoms with Gasteiger partial charge in [0.05, 0.1) is 0 Å². The van der Waals surface area contributed by atoms with E-state index in [2.05, 4.69) is 13.0 Å². The molecular weight excluding hydrogens is 138 g/mol. The van der Waals surface area contributed by atoms with Gasteiger partial charge in [0.2, 0.25) is 5.91 Å². The number of allylic oxidation sites excluding steroid dienone is 2. The molecule has 0 aromatic rings. The molecule has 0 saturated heterocycles. The van der Waals surface area contributed by atoms with Gasteiger partial charge in [0.15, 0.2) is 0 Å². The molecule has 0 spiro atoms. The van der Waals surface area contributed by atoms with Crippen LogP contribution >= 0.6 is 0 Å². The van der Waals surface area contributed by atoms with Gasteiger partial charge in [-0.1, -0.05) is 19.1 Å². The van der Waals surface area contributed by atoms with Gasteiger partial charge in [0.1, 0.15) is 0 Å². The number of amides is 1. The van der Waals surface area contributed by atoms with Gasteiger partial charge in [-0.25, -0.2) is 0 Å². The molecule has 0 radical (unpaired) electrons. The highest BCUT2D eigenvalue weighted by molar-refractivity contribution is 5.73. The van der Waals surface area contributed by atoms with Crippen molar-refractivity contribution in [3.63, 3.8) is 0 Å². The van der Waals surface area contributed by atoms with E-state index in [0.717, 1.165) is 12.8 Å². The third-order valence-corrected chi connectivity index (χ3v) is 1.66. The molecule has 0 bridgehead atoms. The summed E-state index contributed by atoms with van der Waals surface area (Å²) in [6, 6.07) is 0. The van der Waals surface area contributed by atoms with E-state index in [4.69, 9.17) is 5.73 Å². The smallest absolute Gasteiger partial charge is 0.217 e. The van der Waals surface area contributed by atoms with Gasteiger partial charge < -0.3 is 5.73 Å². The molecule has 0 aliphatic heterocycles. The van der Waals surface area contributed by atoms with Gasteiger partial charge in [-0.15, -0.1) is 0 Å². The molecule has 0 saturated carbocycles. The van der Waals surface area contributed by atoms with Crippen molar-refractivity contribution in [1.29, 1.82) is 0 Å². The third kappa shape index (κ3) is 7.10. The summed E-state index contributed by atoms with van der Waals surface area (Å²) in [5.74, 6) is 0.371. The van der Waals surface area contributed by atoms with Gasteiger partial charge in [-0.2, -0.15) is 0 Å². The average Bonchev–Trinajstić information content (AvgIpc) is 1.97. The lowest BCUT2D eigenvalue weighted by Crippen LogP contribution is -2.11. The van der Waals surface area contributed by atoms with Crippen LogP contribution in [-0.2, 0) is 4.79 Å². The van der Waals surface area contributed by atoms with Crippen molar-refractivity contribution >= 4 is 5.91 Å². The van der Waals surface area contributed by atoms with Crippen molar-refractivity contribution in [3.8, 4) is 0 Å². The molecule has 2 N–H and O–H groups in total. The lowest BCUT2D eigenvalue weighted by molar-refractivity contribution is -0.118. The highest BCUT2D eigenvalue weighted by Gasteiger charge is 2.01. The summed E-state index contributed by atoms with van der Waals surface area (Å²) in [6.07, 6.45) is 6.61. The van der Waals surface area contributed by atoms with Crippen LogP contribution in [0.2, 0.25) is 0 Å². The molecule has 0 aromatic carbocycles. The molecule has 2 heteroatoms. The number of hydrogen-bond donors (Lipinski definition) is 1. The van der Waals surface area contributed by atoms with Crippen LogP contribution in [0, 0.1) is 5.92 Å². The van der Waals surface area contributed by atoms with Crippen LogP contribution in [-0.4, -0.2) is 5.91 Å². The van der Waals surface area contributed by atoms with Gasteiger partial charge in [0.25, 0.3) is 0 Å². The predicted octanol–water partition coefficient (Wildman–Crippen LogP) is 1.85. The first-order chi connectivity index (χ1) is 5.16. The minimum Gasteiger partial charge on any atom is -0.370 e. The SMILES string of the molecule is C/C=C/CC(C)CCC(N)=O. The van der Waals surface area contributed by atoms with Crippen LogP contribution in [0.15, 0.2) is 12.2 Å². The zero-order chi connectivity index (χ0) is 8.69. The van der Waals surface area contributed by atoms with E-state index in [9.17, 15) is 4.79 Å². The quantitative estimate of drug-likeness (QED) is 0.605. The zero-order valence-electron chi connectivity index (χ0n) is 7.34. The highest BCUT2D eigenvalue weighted by atomic mass is 16.1. The largest absolute Gasteiger partial charge is 0.370 e. The van der Waals surface area contributed by atoms with Gasteiger partial charge in [-0.05, 0) is 25.7 Å². The minimum absolute atomic E-state index is 0.197. The first-order valence-electron chi connectivity index (χ1n) is 4.06. The van der Waals surface area contributed by atoms with Crippen molar-refractivity contribution in [1.82, 2.24) is 0 Å². The number of nitrogens with two attached hydrogens (primary N) is 1. The second kappa shape index (κ2) is 5.96. The average molecular weight is 155 g/mol. The maximum Gasteiger partial charge on any atom is 0.217 e. The summed E-state index contributed by atoms with van der Waals surface area (Å²) in [5.41, 5.74) is 5.01. The van der Waals surface area contributed by atoms with Crippen LogP contribution in [0.25, 0.3) is 0 Å². The first-order valence-corrected chi connectivity index (χ1v) is 4.06. The van der Waals surface area contributed by atoms with Crippen LogP contribution in [0.4, 0.5) is 0 Å². The Morgan fingerprint density at radius 1 is 1.64 bits per heavy atom. The third-order valence-electron chi connectivity index (χ3n) is 1.66. The van der Waals surface area contributed by atoms with E-state index >= 15 is 0 Å². The van der Waals surface area contributed by atoms with E-state index in [-0.39, 0.29) is 5.91 Å². The van der Waals surface area contributed by atoms with Crippen LogP contribution in [0.1, 0.15) is 33.1 Å². The Hall–Kier alpha value is -0.790. The molecule has 1 amide bonds. The monoisotopic (exact) mass is 155 g/mol. The summed E-state index contributed by atoms with van der Waals surface area (Å²) < 4.78 is 0. The fourth-order valence-corrected chi connectivity index (χ4v) is 0.875. The normalized spacial score (nSPS) is 13.6. The van der Waals surface area contributed by atoms with E-state index in [1.54, 1.807) is 0 Å². The second-order valence-corrected chi connectivity index (χ2v) is 2.91.